The van der Waals surface area contributed by atoms with Crippen LogP contribution < -0.4 is 10.2 Å². The van der Waals surface area contributed by atoms with Gasteiger partial charge in [0.15, 0.2) is 0 Å². The van der Waals surface area contributed by atoms with Crippen LogP contribution in [0.3, 0.4) is 0 Å². The number of nitrogens with one attached hydrogen (secondary N) is 1. The van der Waals surface area contributed by atoms with Gasteiger partial charge in [0.1, 0.15) is 0 Å². The van der Waals surface area contributed by atoms with Gasteiger partial charge < -0.3 is 15.0 Å². The zero-order valence-corrected chi connectivity index (χ0v) is 12.1. The van der Waals surface area contributed by atoms with Crippen molar-refractivity contribution in [2.75, 3.05) is 30.9 Å². The molecule has 2 rings (SSSR count). The summed E-state index contributed by atoms with van der Waals surface area (Å²) in [5.41, 5.74) is 2.36. The largest absolute Gasteiger partial charge is 0.378 e. The van der Waals surface area contributed by atoms with Gasteiger partial charge in [0.25, 0.3) is 0 Å². The quantitative estimate of drug-likeness (QED) is 0.928. The molecule has 4 heteroatoms. The molecule has 1 aliphatic heterocycles. The van der Waals surface area contributed by atoms with E-state index >= 15 is 0 Å². The Hall–Kier alpha value is -0.740. The molecule has 0 bridgehead atoms. The zero-order valence-electron chi connectivity index (χ0n) is 10.5. The van der Waals surface area contributed by atoms with Crippen LogP contribution in [0.15, 0.2) is 22.7 Å². The number of hydrogen-bond acceptors (Lipinski definition) is 3. The first-order chi connectivity index (χ1) is 8.08. The molecule has 0 radical (unpaired) electrons. The molecule has 2 atom stereocenters. The average molecular weight is 299 g/mol. The lowest BCUT2D eigenvalue weighted by atomic mass is 10.1. The molecule has 1 saturated heterocycles. The van der Waals surface area contributed by atoms with Gasteiger partial charge in [-0.1, -0.05) is 15.9 Å². The normalized spacial score (nSPS) is 23.8. The molecule has 1 aromatic rings. The van der Waals surface area contributed by atoms with Gasteiger partial charge in [-0.05, 0) is 31.5 Å². The van der Waals surface area contributed by atoms with E-state index in [9.17, 15) is 0 Å². The summed E-state index contributed by atoms with van der Waals surface area (Å²) in [5.74, 6) is 0. The van der Waals surface area contributed by atoms with Crippen molar-refractivity contribution in [2.24, 2.45) is 0 Å². The summed E-state index contributed by atoms with van der Waals surface area (Å²) < 4.78 is 6.67. The van der Waals surface area contributed by atoms with E-state index in [1.807, 2.05) is 0 Å². The predicted molar refractivity (Wildman–Crippen MR) is 75.9 cm³/mol. The van der Waals surface area contributed by atoms with E-state index in [2.05, 4.69) is 65.4 Å². The van der Waals surface area contributed by atoms with E-state index < -0.39 is 0 Å². The number of hydrogen-bond donors (Lipinski definition) is 1. The van der Waals surface area contributed by atoms with Gasteiger partial charge >= 0.3 is 0 Å². The molecule has 1 N–H and O–H groups in total. The van der Waals surface area contributed by atoms with Crippen molar-refractivity contribution in [3.63, 3.8) is 0 Å². The summed E-state index contributed by atoms with van der Waals surface area (Å²) in [4.78, 5) is 2.12. The Morgan fingerprint density at radius 3 is 2.76 bits per heavy atom. The van der Waals surface area contributed by atoms with E-state index in [1.165, 1.54) is 5.69 Å². The molecule has 0 amide bonds. The van der Waals surface area contributed by atoms with Crippen molar-refractivity contribution in [3.05, 3.63) is 22.7 Å². The lowest BCUT2D eigenvalue weighted by Gasteiger charge is -2.23. The van der Waals surface area contributed by atoms with E-state index in [0.29, 0.717) is 6.04 Å². The Morgan fingerprint density at radius 1 is 1.41 bits per heavy atom. The van der Waals surface area contributed by atoms with Gasteiger partial charge in [0.2, 0.25) is 0 Å². The van der Waals surface area contributed by atoms with Crippen molar-refractivity contribution in [1.82, 2.24) is 0 Å². The minimum absolute atomic E-state index is 0.281. The molecular formula is C13H19BrN2O. The molecule has 1 aromatic carbocycles. The molecule has 3 nitrogen and oxygen atoms in total. The third kappa shape index (κ3) is 2.93. The van der Waals surface area contributed by atoms with Gasteiger partial charge in [-0.3, -0.25) is 0 Å². The SMILES string of the molecule is CC1OCCC1Nc1cc(Br)ccc1N(C)C. The summed E-state index contributed by atoms with van der Waals surface area (Å²) in [6, 6.07) is 6.71. The van der Waals surface area contributed by atoms with E-state index in [4.69, 9.17) is 4.74 Å². The van der Waals surface area contributed by atoms with Crippen molar-refractivity contribution in [2.45, 2.75) is 25.5 Å². The first kappa shape index (κ1) is 12.7. The lowest BCUT2D eigenvalue weighted by molar-refractivity contribution is 0.121. The first-order valence-corrected chi connectivity index (χ1v) is 6.72. The number of nitrogens with zero attached hydrogens (tertiary/aromatic N) is 1. The van der Waals surface area contributed by atoms with Crippen LogP contribution in [-0.4, -0.2) is 32.8 Å². The Kier molecular flexibility index (Phi) is 3.94. The second-order valence-corrected chi connectivity index (χ2v) is 5.59. The van der Waals surface area contributed by atoms with E-state index in [1.54, 1.807) is 0 Å². The molecule has 0 aliphatic carbocycles. The Morgan fingerprint density at radius 2 is 2.18 bits per heavy atom. The Balaban J connectivity index is 2.21. The molecule has 94 valence electrons. The smallest absolute Gasteiger partial charge is 0.0748 e. The van der Waals surface area contributed by atoms with Crippen molar-refractivity contribution in [3.8, 4) is 0 Å². The van der Waals surface area contributed by atoms with Gasteiger partial charge in [0.05, 0.1) is 23.5 Å². The van der Waals surface area contributed by atoms with E-state index in [0.717, 1.165) is 23.2 Å². The summed E-state index contributed by atoms with van der Waals surface area (Å²) >= 11 is 3.52. The third-order valence-corrected chi connectivity index (χ3v) is 3.65. The summed E-state index contributed by atoms with van der Waals surface area (Å²) in [7, 11) is 4.12. The highest BCUT2D eigenvalue weighted by atomic mass is 79.9. The Labute approximate surface area is 111 Å². The molecule has 0 saturated carbocycles. The van der Waals surface area contributed by atoms with Gasteiger partial charge in [-0.25, -0.2) is 0 Å². The molecule has 17 heavy (non-hydrogen) atoms. The second kappa shape index (κ2) is 5.27. The van der Waals surface area contributed by atoms with Gasteiger partial charge in [-0.15, -0.1) is 0 Å². The van der Waals surface area contributed by atoms with Crippen LogP contribution in [0.2, 0.25) is 0 Å². The maximum absolute atomic E-state index is 5.58. The lowest BCUT2D eigenvalue weighted by Crippen LogP contribution is -2.27. The maximum Gasteiger partial charge on any atom is 0.0748 e. The van der Waals surface area contributed by atoms with Gasteiger partial charge in [0, 0.05) is 25.2 Å². The van der Waals surface area contributed by atoms with Crippen LogP contribution in [0.5, 0.6) is 0 Å². The number of rotatable bonds is 3. The number of ether oxygens (including phenoxy) is 1. The summed E-state index contributed by atoms with van der Waals surface area (Å²) in [6.07, 6.45) is 1.35. The third-order valence-electron chi connectivity index (χ3n) is 3.16. The monoisotopic (exact) mass is 298 g/mol. The van der Waals surface area contributed by atoms with Crippen LogP contribution in [0.25, 0.3) is 0 Å². The molecule has 0 spiro atoms. The summed E-state index contributed by atoms with van der Waals surface area (Å²) in [5, 5.41) is 3.58. The number of benzene rings is 1. The molecule has 1 aliphatic rings. The average Bonchev–Trinajstić information content (AvgIpc) is 2.64. The van der Waals surface area contributed by atoms with Crippen molar-refractivity contribution < 1.29 is 4.74 Å². The molecule has 2 unspecified atom stereocenters. The topological polar surface area (TPSA) is 24.5 Å². The van der Waals surface area contributed by atoms with Crippen LogP contribution in [0, 0.1) is 0 Å². The second-order valence-electron chi connectivity index (χ2n) is 4.67. The molecule has 1 fully saturated rings. The van der Waals surface area contributed by atoms with Crippen LogP contribution >= 0.6 is 15.9 Å². The fraction of sp³-hybridized carbons (Fsp3) is 0.538. The standard InChI is InChI=1S/C13H19BrN2O/c1-9-11(6-7-17-9)15-12-8-10(14)4-5-13(12)16(2)3/h4-5,8-9,11,15H,6-7H2,1-3H3. The maximum atomic E-state index is 5.58. The molecular weight excluding hydrogens is 280 g/mol. The van der Waals surface area contributed by atoms with Crippen molar-refractivity contribution >= 4 is 27.3 Å². The minimum atomic E-state index is 0.281. The molecule has 0 aromatic heterocycles. The highest BCUT2D eigenvalue weighted by Crippen LogP contribution is 2.30. The van der Waals surface area contributed by atoms with Crippen molar-refractivity contribution in [1.29, 1.82) is 0 Å². The van der Waals surface area contributed by atoms with Gasteiger partial charge in [-0.2, -0.15) is 0 Å². The highest BCUT2D eigenvalue weighted by molar-refractivity contribution is 9.10. The number of anilines is 2. The fourth-order valence-corrected chi connectivity index (χ4v) is 2.50. The highest BCUT2D eigenvalue weighted by Gasteiger charge is 2.24. The predicted octanol–water partition coefficient (Wildman–Crippen LogP) is 3.10. The first-order valence-electron chi connectivity index (χ1n) is 5.93. The van der Waals surface area contributed by atoms with E-state index in [-0.39, 0.29) is 6.10 Å². The zero-order chi connectivity index (χ0) is 12.4. The summed E-state index contributed by atoms with van der Waals surface area (Å²) in [6.45, 7) is 2.97. The number of halogens is 1. The molecule has 1 heterocycles. The van der Waals surface area contributed by atoms with Crippen LogP contribution in [0.4, 0.5) is 11.4 Å². The van der Waals surface area contributed by atoms with Crippen LogP contribution in [-0.2, 0) is 4.74 Å². The Bertz CT molecular complexity index is 395. The van der Waals surface area contributed by atoms with Crippen LogP contribution in [0.1, 0.15) is 13.3 Å². The minimum Gasteiger partial charge on any atom is -0.378 e. The fourth-order valence-electron chi connectivity index (χ4n) is 2.13.